The molecular formula is C23H38FN9. The molecule has 0 bridgehead atoms. The van der Waals surface area contributed by atoms with E-state index in [-0.39, 0.29) is 5.54 Å². The van der Waals surface area contributed by atoms with Gasteiger partial charge in [-0.15, -0.1) is 0 Å². The van der Waals surface area contributed by atoms with Crippen LogP contribution in [0, 0.1) is 0 Å². The molecule has 10 heteroatoms. The van der Waals surface area contributed by atoms with Crippen molar-refractivity contribution in [2.75, 3.05) is 36.4 Å². The summed E-state index contributed by atoms with van der Waals surface area (Å²) in [4.78, 5) is 20.5. The van der Waals surface area contributed by atoms with Crippen molar-refractivity contribution in [1.29, 1.82) is 0 Å². The molecule has 0 amide bonds. The number of anilines is 2. The first-order valence-corrected chi connectivity index (χ1v) is 11.8. The van der Waals surface area contributed by atoms with Gasteiger partial charge in [0.1, 0.15) is 6.17 Å². The summed E-state index contributed by atoms with van der Waals surface area (Å²) in [5.41, 5.74) is 14.3. The lowest BCUT2D eigenvalue weighted by molar-refractivity contribution is 0.364. The second-order valence-corrected chi connectivity index (χ2v) is 9.46. The van der Waals surface area contributed by atoms with Crippen LogP contribution in [0.15, 0.2) is 22.7 Å². The first-order chi connectivity index (χ1) is 15.7. The van der Waals surface area contributed by atoms with Gasteiger partial charge in [-0.05, 0) is 53.0 Å². The van der Waals surface area contributed by atoms with Crippen molar-refractivity contribution >= 4 is 29.1 Å². The van der Waals surface area contributed by atoms with Crippen LogP contribution in [0.25, 0.3) is 11.2 Å². The summed E-state index contributed by atoms with van der Waals surface area (Å²) in [6.45, 7) is 10.5. The average Bonchev–Trinajstić information content (AvgIpc) is 3.40. The molecule has 1 aliphatic heterocycles. The number of imidazole rings is 1. The van der Waals surface area contributed by atoms with E-state index < -0.39 is 6.17 Å². The number of halogens is 1. The number of nitrogens with one attached hydrogen (secondary N) is 1. The number of alkyl halides is 1. The summed E-state index contributed by atoms with van der Waals surface area (Å²) in [6.07, 6.45) is 6.84. The van der Waals surface area contributed by atoms with Gasteiger partial charge in [-0.2, -0.15) is 9.97 Å². The van der Waals surface area contributed by atoms with Gasteiger partial charge in [0, 0.05) is 30.5 Å². The Morgan fingerprint density at radius 2 is 2.09 bits per heavy atom. The number of unbranched alkanes of at least 4 members (excludes halogenated alkanes) is 2. The Labute approximate surface area is 195 Å². The molecular weight excluding hydrogens is 421 g/mol. The second-order valence-electron chi connectivity index (χ2n) is 9.46. The normalized spacial score (nSPS) is 17.9. The Morgan fingerprint density at radius 1 is 1.30 bits per heavy atom. The van der Waals surface area contributed by atoms with Crippen molar-refractivity contribution in [1.82, 2.24) is 19.5 Å². The topological polar surface area (TPSA) is 123 Å². The minimum Gasteiger partial charge on any atom is -0.400 e. The van der Waals surface area contributed by atoms with Gasteiger partial charge in [-0.25, -0.2) is 9.37 Å². The molecule has 33 heavy (non-hydrogen) atoms. The predicted octanol–water partition coefficient (Wildman–Crippen LogP) is 3.32. The highest BCUT2D eigenvalue weighted by molar-refractivity contribution is 5.91. The Bertz CT molecular complexity index is 990. The van der Waals surface area contributed by atoms with E-state index in [0.717, 1.165) is 19.3 Å². The van der Waals surface area contributed by atoms with Crippen LogP contribution in [0.1, 0.15) is 59.8 Å². The molecule has 3 heterocycles. The minimum atomic E-state index is -0.870. The maximum atomic E-state index is 13.9. The van der Waals surface area contributed by atoms with Crippen molar-refractivity contribution in [3.05, 3.63) is 17.7 Å². The zero-order valence-electron chi connectivity index (χ0n) is 20.3. The summed E-state index contributed by atoms with van der Waals surface area (Å²) in [6, 6.07) is 0. The highest BCUT2D eigenvalue weighted by atomic mass is 19.1. The fourth-order valence-corrected chi connectivity index (χ4v) is 3.70. The molecule has 1 fully saturated rings. The molecule has 1 saturated heterocycles. The van der Waals surface area contributed by atoms with Crippen molar-refractivity contribution in [2.45, 2.75) is 71.5 Å². The number of fused-ring (bicyclic) bond motifs is 1. The van der Waals surface area contributed by atoms with Crippen LogP contribution >= 0.6 is 0 Å². The lowest BCUT2D eigenvalue weighted by Crippen LogP contribution is -2.25. The third-order valence-electron chi connectivity index (χ3n) is 5.71. The number of hydrogen-bond donors (Lipinski definition) is 3. The van der Waals surface area contributed by atoms with E-state index in [2.05, 4.69) is 36.1 Å². The molecule has 0 aromatic carbocycles. The largest absolute Gasteiger partial charge is 0.400 e. The molecule has 182 valence electrons. The van der Waals surface area contributed by atoms with Crippen molar-refractivity contribution in [3.8, 4) is 0 Å². The van der Waals surface area contributed by atoms with Crippen LogP contribution in [-0.2, 0) is 5.54 Å². The van der Waals surface area contributed by atoms with Crippen molar-refractivity contribution in [2.24, 2.45) is 16.5 Å². The Hall–Kier alpha value is -2.75. The van der Waals surface area contributed by atoms with Gasteiger partial charge in [-0.3, -0.25) is 4.99 Å². The smallest absolute Gasteiger partial charge is 0.229 e. The Morgan fingerprint density at radius 3 is 2.73 bits per heavy atom. The standard InChI is InChI=1S/C23H38FN9/c1-5-17(26)18(13-27-11-8-6-7-10-25)29-20-19-21(33(15-28-19)23(2,3)4)31-22(30-20)32-12-9-16(24)14-32/h13,15-16H,5-12,14,25-26H2,1-4H3,(H,29,30,31)/t16-/m0/s1. The van der Waals surface area contributed by atoms with E-state index in [1.54, 1.807) is 12.5 Å². The third-order valence-corrected chi connectivity index (χ3v) is 5.71. The second kappa shape index (κ2) is 10.9. The quantitative estimate of drug-likeness (QED) is 0.368. The number of hydrogen-bond acceptors (Lipinski definition) is 8. The molecule has 2 aromatic heterocycles. The zero-order chi connectivity index (χ0) is 24.0. The van der Waals surface area contributed by atoms with Crippen molar-refractivity contribution in [3.63, 3.8) is 0 Å². The fraction of sp³-hybridized carbons (Fsp3) is 0.652. The minimum absolute atomic E-state index is 0.225. The maximum Gasteiger partial charge on any atom is 0.229 e. The summed E-state index contributed by atoms with van der Waals surface area (Å²) in [5.74, 6) is 1.03. The zero-order valence-corrected chi connectivity index (χ0v) is 20.3. The van der Waals surface area contributed by atoms with Gasteiger partial charge in [0.15, 0.2) is 17.0 Å². The highest BCUT2D eigenvalue weighted by Crippen LogP contribution is 2.29. The fourth-order valence-electron chi connectivity index (χ4n) is 3.70. The molecule has 0 saturated carbocycles. The third kappa shape index (κ3) is 6.19. The van der Waals surface area contributed by atoms with Gasteiger partial charge in [-0.1, -0.05) is 13.3 Å². The monoisotopic (exact) mass is 459 g/mol. The highest BCUT2D eigenvalue weighted by Gasteiger charge is 2.27. The number of nitrogens with zero attached hydrogens (tertiary/aromatic N) is 6. The van der Waals surface area contributed by atoms with Crippen LogP contribution in [0.2, 0.25) is 0 Å². The van der Waals surface area contributed by atoms with E-state index in [4.69, 9.17) is 21.4 Å². The Kier molecular flexibility index (Phi) is 8.23. The van der Waals surface area contributed by atoms with E-state index in [1.165, 1.54) is 0 Å². The molecule has 0 unspecified atom stereocenters. The van der Waals surface area contributed by atoms with E-state index >= 15 is 0 Å². The average molecular weight is 460 g/mol. The molecule has 5 N–H and O–H groups in total. The van der Waals surface area contributed by atoms with Gasteiger partial charge < -0.3 is 26.3 Å². The predicted molar refractivity (Wildman–Crippen MR) is 133 cm³/mol. The SMILES string of the molecule is CCC(N)=C(C=NCCCCCN)Nc1nc(N2CC[C@H](F)C2)nc2c1ncn2C(C)(C)C. The molecule has 0 radical (unpaired) electrons. The molecule has 1 aliphatic rings. The number of rotatable bonds is 10. The van der Waals surface area contributed by atoms with E-state index in [1.807, 2.05) is 16.4 Å². The van der Waals surface area contributed by atoms with Crippen molar-refractivity contribution < 1.29 is 4.39 Å². The van der Waals surface area contributed by atoms with Crippen LogP contribution in [0.3, 0.4) is 0 Å². The van der Waals surface area contributed by atoms with E-state index in [0.29, 0.717) is 73.3 Å². The van der Waals surface area contributed by atoms with Crippen LogP contribution < -0.4 is 21.7 Å². The lowest BCUT2D eigenvalue weighted by Gasteiger charge is -2.22. The number of aromatic nitrogens is 4. The molecule has 0 spiro atoms. The van der Waals surface area contributed by atoms with Gasteiger partial charge in [0.05, 0.1) is 18.6 Å². The van der Waals surface area contributed by atoms with Crippen LogP contribution in [0.5, 0.6) is 0 Å². The van der Waals surface area contributed by atoms with Gasteiger partial charge in [0.25, 0.3) is 0 Å². The van der Waals surface area contributed by atoms with Gasteiger partial charge in [0.2, 0.25) is 5.95 Å². The van der Waals surface area contributed by atoms with Crippen LogP contribution in [-0.4, -0.2) is 58.1 Å². The van der Waals surface area contributed by atoms with Gasteiger partial charge >= 0.3 is 0 Å². The first-order valence-electron chi connectivity index (χ1n) is 11.8. The lowest BCUT2D eigenvalue weighted by atomic mass is 10.1. The molecule has 3 rings (SSSR count). The summed E-state index contributed by atoms with van der Waals surface area (Å²) < 4.78 is 15.9. The van der Waals surface area contributed by atoms with Crippen LogP contribution in [0.4, 0.5) is 16.2 Å². The summed E-state index contributed by atoms with van der Waals surface area (Å²) >= 11 is 0. The number of aliphatic imine (C=N–C) groups is 1. The molecule has 1 atom stereocenters. The first kappa shape index (κ1) is 24.9. The maximum absolute atomic E-state index is 13.9. The molecule has 2 aromatic rings. The summed E-state index contributed by atoms with van der Waals surface area (Å²) in [5, 5.41) is 3.35. The number of nitrogens with two attached hydrogens (primary N) is 2. The van der Waals surface area contributed by atoms with E-state index in [9.17, 15) is 4.39 Å². The Balaban J connectivity index is 1.97. The summed E-state index contributed by atoms with van der Waals surface area (Å²) in [7, 11) is 0. The molecule has 0 aliphatic carbocycles. The number of allylic oxidation sites excluding steroid dienone is 2. The molecule has 9 nitrogen and oxygen atoms in total.